The number of rotatable bonds is 10. The Balaban J connectivity index is 1.06. The van der Waals surface area contributed by atoms with E-state index in [1.54, 1.807) is 0 Å². The van der Waals surface area contributed by atoms with Crippen molar-refractivity contribution in [2.24, 2.45) is 0 Å². The Morgan fingerprint density at radius 1 is 0.323 bits per heavy atom. The van der Waals surface area contributed by atoms with Crippen LogP contribution in [0.25, 0.3) is 83.9 Å². The molecule has 0 spiro atoms. The molecule has 62 heavy (non-hydrogen) atoms. The summed E-state index contributed by atoms with van der Waals surface area (Å²) in [7, 11) is 0. The van der Waals surface area contributed by atoms with Crippen LogP contribution in [0.5, 0.6) is 0 Å². The lowest BCUT2D eigenvalue weighted by Gasteiger charge is -2.14. The van der Waals surface area contributed by atoms with Crippen molar-refractivity contribution in [1.29, 1.82) is 5.41 Å². The Morgan fingerprint density at radius 3 is 1.29 bits per heavy atom. The van der Waals surface area contributed by atoms with Crippen LogP contribution >= 0.6 is 0 Å². The van der Waals surface area contributed by atoms with Gasteiger partial charge in [-0.1, -0.05) is 218 Å². The van der Waals surface area contributed by atoms with E-state index in [0.29, 0.717) is 23.2 Å². The van der Waals surface area contributed by atoms with Crippen molar-refractivity contribution >= 4 is 22.1 Å². The number of hydrogen-bond acceptors (Lipinski definition) is 4. The molecular weight excluding hydrogens is 753 g/mol. The lowest BCUT2D eigenvalue weighted by atomic mass is 9.90. The molecule has 10 aromatic rings. The Bertz CT molecular complexity index is 3100. The van der Waals surface area contributed by atoms with E-state index in [1.165, 1.54) is 0 Å². The summed E-state index contributed by atoms with van der Waals surface area (Å²) >= 11 is 0. The second-order valence-electron chi connectivity index (χ2n) is 15.2. The van der Waals surface area contributed by atoms with E-state index in [9.17, 15) is 0 Å². The minimum atomic E-state index is 0.459. The average molecular weight is 793 g/mol. The Kier molecular flexibility index (Phi) is 10.5. The second kappa shape index (κ2) is 17.1. The Morgan fingerprint density at radius 2 is 0.726 bits per heavy atom. The molecule has 0 bridgehead atoms. The molecule has 9 aromatic carbocycles. The molecule has 10 rings (SSSR count). The summed E-state index contributed by atoms with van der Waals surface area (Å²) < 4.78 is 0. The predicted molar refractivity (Wildman–Crippen MR) is 257 cm³/mol. The van der Waals surface area contributed by atoms with Gasteiger partial charge in [-0.25, -0.2) is 15.0 Å². The zero-order valence-corrected chi connectivity index (χ0v) is 33.9. The fourth-order valence-electron chi connectivity index (χ4n) is 7.95. The van der Waals surface area contributed by atoms with Crippen LogP contribution in [-0.2, 0) is 0 Å². The van der Waals surface area contributed by atoms with Crippen LogP contribution in [0.15, 0.2) is 237 Å². The molecule has 1 aromatic heterocycles. The molecular formula is C58H40N4. The molecule has 0 aliphatic heterocycles. The van der Waals surface area contributed by atoms with E-state index in [0.717, 1.165) is 83.1 Å². The van der Waals surface area contributed by atoms with Gasteiger partial charge in [0.15, 0.2) is 17.5 Å². The van der Waals surface area contributed by atoms with Crippen LogP contribution in [0.2, 0.25) is 0 Å². The summed E-state index contributed by atoms with van der Waals surface area (Å²) in [6, 6.07) is 79.4. The maximum atomic E-state index is 9.09. The molecule has 292 valence electrons. The number of nitrogens with zero attached hydrogens (tertiary/aromatic N) is 3. The fraction of sp³-hybridized carbons (Fsp3) is 0. The second-order valence-corrected chi connectivity index (χ2v) is 15.2. The first-order valence-electron chi connectivity index (χ1n) is 20.8. The van der Waals surface area contributed by atoms with Crippen molar-refractivity contribution in [3.63, 3.8) is 0 Å². The lowest BCUT2D eigenvalue weighted by molar-refractivity contribution is 1.07. The van der Waals surface area contributed by atoms with Crippen molar-refractivity contribution in [3.05, 3.63) is 253 Å². The molecule has 0 saturated heterocycles. The summed E-state index contributed by atoms with van der Waals surface area (Å²) in [6.45, 7) is 0. The quantitative estimate of drug-likeness (QED) is 0.140. The van der Waals surface area contributed by atoms with Gasteiger partial charge in [-0.2, -0.15) is 0 Å². The van der Waals surface area contributed by atoms with E-state index in [1.807, 2.05) is 54.6 Å². The predicted octanol–water partition coefficient (Wildman–Crippen LogP) is 14.5. The van der Waals surface area contributed by atoms with Gasteiger partial charge in [0.05, 0.1) is 5.71 Å². The first-order valence-corrected chi connectivity index (χ1v) is 20.8. The van der Waals surface area contributed by atoms with E-state index < -0.39 is 0 Å². The van der Waals surface area contributed by atoms with E-state index in [-0.39, 0.29) is 0 Å². The third-order valence-electron chi connectivity index (χ3n) is 11.2. The Hall–Kier alpha value is -8.34. The third-order valence-corrected chi connectivity index (χ3v) is 11.2. The minimum absolute atomic E-state index is 0.459. The van der Waals surface area contributed by atoms with Crippen molar-refractivity contribution in [2.75, 3.05) is 0 Å². The van der Waals surface area contributed by atoms with E-state index in [4.69, 9.17) is 20.4 Å². The number of hydrogen-bond donors (Lipinski definition) is 1. The fourth-order valence-corrected chi connectivity index (χ4v) is 7.95. The van der Waals surface area contributed by atoms with Crippen molar-refractivity contribution in [2.45, 2.75) is 0 Å². The number of aromatic nitrogens is 3. The van der Waals surface area contributed by atoms with Crippen LogP contribution in [0.3, 0.4) is 0 Å². The van der Waals surface area contributed by atoms with Crippen molar-refractivity contribution < 1.29 is 0 Å². The normalized spacial score (nSPS) is 11.4. The summed E-state index contributed by atoms with van der Waals surface area (Å²) in [5.41, 5.74) is 13.9. The highest BCUT2D eigenvalue weighted by Gasteiger charge is 2.16. The van der Waals surface area contributed by atoms with Crippen LogP contribution in [0, 0.1) is 5.41 Å². The molecule has 0 atom stereocenters. The standard InChI is InChI=1S/C58H40N4/c59-55(46-21-11-4-12-22-46)39-54(44-19-9-3-10-20-44)52-26-14-23-45-31-36-50(38-53(45)52)49-24-13-25-51(37-49)58-61-56(47-32-27-42(28-33-47)40-15-5-1-6-16-40)60-57(62-58)48-34-29-43(30-35-48)41-17-7-2-8-18-41/h1-39,59H/b54-39-,59-55?. The van der Waals surface area contributed by atoms with Gasteiger partial charge in [-0.3, -0.25) is 0 Å². The molecule has 1 N–H and O–H groups in total. The highest BCUT2D eigenvalue weighted by Crippen LogP contribution is 2.35. The summed E-state index contributed by atoms with van der Waals surface area (Å²) in [5, 5.41) is 11.3. The zero-order valence-electron chi connectivity index (χ0n) is 33.9. The van der Waals surface area contributed by atoms with Crippen LogP contribution in [0.1, 0.15) is 16.7 Å². The molecule has 4 heteroatoms. The molecule has 0 unspecified atom stereocenters. The lowest BCUT2D eigenvalue weighted by Crippen LogP contribution is -2.00. The molecule has 0 aliphatic carbocycles. The third kappa shape index (κ3) is 8.01. The molecule has 0 fully saturated rings. The highest BCUT2D eigenvalue weighted by molar-refractivity contribution is 6.14. The molecule has 1 heterocycles. The van der Waals surface area contributed by atoms with Gasteiger partial charge in [-0.15, -0.1) is 0 Å². The highest BCUT2D eigenvalue weighted by atomic mass is 15.0. The van der Waals surface area contributed by atoms with E-state index in [2.05, 4.69) is 182 Å². The topological polar surface area (TPSA) is 62.5 Å². The summed E-state index contributed by atoms with van der Waals surface area (Å²) in [5.74, 6) is 1.82. The van der Waals surface area contributed by atoms with Gasteiger partial charge < -0.3 is 5.41 Å². The minimum Gasteiger partial charge on any atom is -0.300 e. The molecule has 0 saturated carbocycles. The first-order chi connectivity index (χ1) is 30.6. The monoisotopic (exact) mass is 792 g/mol. The number of nitrogens with one attached hydrogen (secondary N) is 1. The number of allylic oxidation sites excluding steroid dienone is 1. The SMILES string of the molecule is N=C(/C=C(/c1ccccc1)c1cccc2ccc(-c3cccc(-c4nc(-c5ccc(-c6ccccc6)cc5)nc(-c5ccc(-c6ccccc6)cc5)n4)c3)cc12)c1ccccc1. The summed E-state index contributed by atoms with van der Waals surface area (Å²) in [4.78, 5) is 15.3. The average Bonchev–Trinajstić information content (AvgIpc) is 3.36. The van der Waals surface area contributed by atoms with E-state index >= 15 is 0 Å². The molecule has 0 aliphatic rings. The van der Waals surface area contributed by atoms with Gasteiger partial charge in [0.1, 0.15) is 0 Å². The molecule has 4 nitrogen and oxygen atoms in total. The van der Waals surface area contributed by atoms with Crippen LogP contribution in [0.4, 0.5) is 0 Å². The Labute approximate surface area is 361 Å². The van der Waals surface area contributed by atoms with Crippen LogP contribution < -0.4 is 0 Å². The van der Waals surface area contributed by atoms with Gasteiger partial charge in [0.25, 0.3) is 0 Å². The number of fused-ring (bicyclic) bond motifs is 1. The smallest absolute Gasteiger partial charge is 0.164 e. The summed E-state index contributed by atoms with van der Waals surface area (Å²) in [6.07, 6.45) is 1.99. The van der Waals surface area contributed by atoms with Crippen molar-refractivity contribution in [3.8, 4) is 67.5 Å². The first kappa shape index (κ1) is 37.9. The van der Waals surface area contributed by atoms with Crippen molar-refractivity contribution in [1.82, 2.24) is 15.0 Å². The largest absolute Gasteiger partial charge is 0.300 e. The van der Waals surface area contributed by atoms with Gasteiger partial charge in [0, 0.05) is 16.7 Å². The molecule has 0 radical (unpaired) electrons. The van der Waals surface area contributed by atoms with Gasteiger partial charge >= 0.3 is 0 Å². The number of benzene rings is 9. The van der Waals surface area contributed by atoms with Gasteiger partial charge in [-0.05, 0) is 84.6 Å². The molecule has 0 amide bonds. The van der Waals surface area contributed by atoms with Crippen LogP contribution in [-0.4, -0.2) is 20.7 Å². The maximum absolute atomic E-state index is 9.09. The van der Waals surface area contributed by atoms with Gasteiger partial charge in [0.2, 0.25) is 0 Å². The zero-order chi connectivity index (χ0) is 41.7. The maximum Gasteiger partial charge on any atom is 0.164 e.